The Balaban J connectivity index is 4.20. The van der Waals surface area contributed by atoms with Crippen molar-refractivity contribution in [1.29, 1.82) is 0 Å². The topological polar surface area (TPSA) is 20.3 Å². The van der Waals surface area contributed by atoms with E-state index >= 15 is 0 Å². The van der Waals surface area contributed by atoms with Gasteiger partial charge in [0.2, 0.25) is 0 Å². The van der Waals surface area contributed by atoms with Crippen LogP contribution in [0.5, 0.6) is 0 Å². The van der Waals surface area contributed by atoms with Gasteiger partial charge in [-0.3, -0.25) is 4.90 Å². The van der Waals surface area contributed by atoms with Gasteiger partial charge in [0.15, 0.2) is 0 Å². The smallest absolute Gasteiger partial charge is 0.137 e. The summed E-state index contributed by atoms with van der Waals surface area (Å²) in [5, 5.41) is 0. The predicted octanol–water partition coefficient (Wildman–Crippen LogP) is 1.51. The number of rotatable bonds is 4. The van der Waals surface area contributed by atoms with E-state index in [0.717, 1.165) is 6.29 Å². The van der Waals surface area contributed by atoms with Crippen molar-refractivity contribution in [1.82, 2.24) is 4.90 Å². The van der Waals surface area contributed by atoms with Crippen molar-refractivity contribution < 1.29 is 4.79 Å². The van der Waals surface area contributed by atoms with Crippen LogP contribution in [0.3, 0.4) is 0 Å². The largest absolute Gasteiger partial charge is 0.302 e. The molecule has 0 saturated heterocycles. The van der Waals surface area contributed by atoms with Crippen LogP contribution in [0.2, 0.25) is 0 Å². The molecule has 65 valence electrons. The minimum Gasteiger partial charge on any atom is -0.302 e. The van der Waals surface area contributed by atoms with Crippen LogP contribution < -0.4 is 0 Å². The quantitative estimate of drug-likeness (QED) is 0.575. The van der Waals surface area contributed by atoms with Crippen molar-refractivity contribution in [2.45, 2.75) is 45.8 Å². The number of aldehydes is 1. The fourth-order valence-corrected chi connectivity index (χ4v) is 1.43. The molecule has 0 amide bonds. The third-order valence-electron chi connectivity index (χ3n) is 1.73. The Morgan fingerprint density at radius 2 is 1.55 bits per heavy atom. The molecule has 0 spiro atoms. The van der Waals surface area contributed by atoms with E-state index in [1.54, 1.807) is 0 Å². The predicted molar refractivity (Wildman–Crippen MR) is 47.3 cm³/mol. The molecule has 0 aromatic rings. The zero-order valence-electron chi connectivity index (χ0n) is 7.87. The van der Waals surface area contributed by atoms with Crippen LogP contribution in [0.15, 0.2) is 0 Å². The number of hydrogen-bond acceptors (Lipinski definition) is 2. The normalized spacial score (nSPS) is 14.5. The van der Waals surface area contributed by atoms with Crippen LogP contribution in [0.4, 0.5) is 0 Å². The van der Waals surface area contributed by atoms with Crippen LogP contribution in [0.1, 0.15) is 27.7 Å². The maximum atomic E-state index is 10.5. The Morgan fingerprint density at radius 3 is 1.64 bits per heavy atom. The van der Waals surface area contributed by atoms with E-state index in [0.29, 0.717) is 12.1 Å². The maximum Gasteiger partial charge on any atom is 0.137 e. The molecule has 0 aliphatic heterocycles. The van der Waals surface area contributed by atoms with Gasteiger partial charge >= 0.3 is 0 Å². The molecule has 1 atom stereocenters. The lowest BCUT2D eigenvalue weighted by molar-refractivity contribution is -0.112. The molecule has 0 aromatic heterocycles. The molecule has 0 rings (SSSR count). The van der Waals surface area contributed by atoms with Crippen molar-refractivity contribution in [3.05, 3.63) is 6.92 Å². The zero-order valence-corrected chi connectivity index (χ0v) is 7.87. The van der Waals surface area contributed by atoms with Crippen molar-refractivity contribution in [2.24, 2.45) is 0 Å². The molecule has 2 nitrogen and oxygen atoms in total. The fourth-order valence-electron chi connectivity index (χ4n) is 1.43. The number of nitrogens with zero attached hydrogens (tertiary/aromatic N) is 1. The Kier molecular flexibility index (Phi) is 4.34. The monoisotopic (exact) mass is 156 g/mol. The highest BCUT2D eigenvalue weighted by atomic mass is 16.1. The van der Waals surface area contributed by atoms with E-state index in [-0.39, 0.29) is 6.04 Å². The SMILES string of the molecule is [CH2]C(C=O)N(C(C)C)C(C)C. The Bertz CT molecular complexity index is 113. The van der Waals surface area contributed by atoms with Gasteiger partial charge in [-0.1, -0.05) is 0 Å². The highest BCUT2D eigenvalue weighted by molar-refractivity contribution is 5.58. The van der Waals surface area contributed by atoms with Gasteiger partial charge in [0, 0.05) is 12.1 Å². The van der Waals surface area contributed by atoms with Gasteiger partial charge in [-0.25, -0.2) is 0 Å². The van der Waals surface area contributed by atoms with Crippen LogP contribution in [0.25, 0.3) is 0 Å². The molecular formula is C9H18NO. The van der Waals surface area contributed by atoms with Gasteiger partial charge in [0.25, 0.3) is 0 Å². The van der Waals surface area contributed by atoms with E-state index in [1.165, 1.54) is 0 Å². The lowest BCUT2D eigenvalue weighted by atomic mass is 10.2. The highest BCUT2D eigenvalue weighted by Gasteiger charge is 2.18. The number of carbonyl (C=O) groups excluding carboxylic acids is 1. The summed E-state index contributed by atoms with van der Waals surface area (Å²) in [5.41, 5.74) is 0. The van der Waals surface area contributed by atoms with Gasteiger partial charge in [0.1, 0.15) is 6.29 Å². The summed E-state index contributed by atoms with van der Waals surface area (Å²) in [7, 11) is 0. The van der Waals surface area contributed by atoms with Crippen molar-refractivity contribution in [2.75, 3.05) is 0 Å². The molecular weight excluding hydrogens is 138 g/mol. The molecule has 0 saturated carbocycles. The molecule has 2 heteroatoms. The van der Waals surface area contributed by atoms with Gasteiger partial charge < -0.3 is 4.79 Å². The zero-order chi connectivity index (χ0) is 9.02. The van der Waals surface area contributed by atoms with E-state index in [2.05, 4.69) is 39.5 Å². The van der Waals surface area contributed by atoms with Crippen LogP contribution in [-0.2, 0) is 4.79 Å². The number of hydrogen-bond donors (Lipinski definition) is 0. The molecule has 0 aliphatic rings. The van der Waals surface area contributed by atoms with E-state index < -0.39 is 0 Å². The van der Waals surface area contributed by atoms with Crippen molar-refractivity contribution in [3.63, 3.8) is 0 Å². The van der Waals surface area contributed by atoms with Crippen molar-refractivity contribution >= 4 is 6.29 Å². The van der Waals surface area contributed by atoms with Crippen LogP contribution in [-0.4, -0.2) is 29.3 Å². The Hall–Kier alpha value is -0.370. The summed E-state index contributed by atoms with van der Waals surface area (Å²) >= 11 is 0. The van der Waals surface area contributed by atoms with E-state index in [1.807, 2.05) is 0 Å². The van der Waals surface area contributed by atoms with Gasteiger partial charge in [-0.05, 0) is 34.6 Å². The molecule has 1 radical (unpaired) electrons. The molecule has 0 aromatic carbocycles. The summed E-state index contributed by atoms with van der Waals surface area (Å²) in [6.45, 7) is 12.0. The van der Waals surface area contributed by atoms with E-state index in [4.69, 9.17) is 0 Å². The molecule has 0 heterocycles. The second-order valence-electron chi connectivity index (χ2n) is 3.34. The summed E-state index contributed by atoms with van der Waals surface area (Å²) in [4.78, 5) is 12.5. The summed E-state index contributed by atoms with van der Waals surface area (Å²) < 4.78 is 0. The first-order valence-electron chi connectivity index (χ1n) is 4.06. The third-order valence-corrected chi connectivity index (χ3v) is 1.73. The first-order chi connectivity index (χ1) is 5.00. The van der Waals surface area contributed by atoms with Gasteiger partial charge in [0.05, 0.1) is 6.04 Å². The second kappa shape index (κ2) is 4.50. The Morgan fingerprint density at radius 1 is 1.18 bits per heavy atom. The molecule has 1 unspecified atom stereocenters. The summed E-state index contributed by atoms with van der Waals surface area (Å²) in [5.74, 6) is 0. The lowest BCUT2D eigenvalue weighted by Crippen LogP contribution is -2.44. The molecule has 0 fully saturated rings. The van der Waals surface area contributed by atoms with Crippen LogP contribution in [0, 0.1) is 6.92 Å². The van der Waals surface area contributed by atoms with Crippen molar-refractivity contribution in [3.8, 4) is 0 Å². The number of carbonyl (C=O) groups is 1. The highest BCUT2D eigenvalue weighted by Crippen LogP contribution is 2.08. The van der Waals surface area contributed by atoms with E-state index in [9.17, 15) is 4.79 Å². The Labute approximate surface area is 69.6 Å². The minimum absolute atomic E-state index is 0.213. The molecule has 0 N–H and O–H groups in total. The summed E-state index contributed by atoms with van der Waals surface area (Å²) in [6, 6.07) is 0.542. The first-order valence-corrected chi connectivity index (χ1v) is 4.06. The minimum atomic E-state index is -0.213. The fraction of sp³-hybridized carbons (Fsp3) is 0.778. The standard InChI is InChI=1S/C9H18NO/c1-7(2)10(8(3)4)9(5)6-11/h6-9H,5H2,1-4H3. The maximum absolute atomic E-state index is 10.5. The average Bonchev–Trinajstić information content (AvgIpc) is 1.85. The van der Waals surface area contributed by atoms with Crippen LogP contribution >= 0.6 is 0 Å². The van der Waals surface area contributed by atoms with Gasteiger partial charge in [-0.2, -0.15) is 0 Å². The lowest BCUT2D eigenvalue weighted by Gasteiger charge is -2.33. The third kappa shape index (κ3) is 3.02. The first kappa shape index (κ1) is 10.6. The molecule has 11 heavy (non-hydrogen) atoms. The van der Waals surface area contributed by atoms with Gasteiger partial charge in [-0.15, -0.1) is 0 Å². The second-order valence-corrected chi connectivity index (χ2v) is 3.34. The molecule has 0 bridgehead atoms. The molecule has 0 aliphatic carbocycles. The average molecular weight is 156 g/mol. The summed E-state index contributed by atoms with van der Waals surface area (Å²) in [6.07, 6.45) is 0.889.